The monoisotopic (exact) mass is 472 g/mol. The van der Waals surface area contributed by atoms with E-state index in [2.05, 4.69) is 4.98 Å². The summed E-state index contributed by atoms with van der Waals surface area (Å²) in [6.45, 7) is 6.44. The number of pyridine rings is 1. The minimum Gasteiger partial charge on any atom is -0.507 e. The van der Waals surface area contributed by atoms with E-state index in [4.69, 9.17) is 9.47 Å². The molecular formula is C28H28N2O5. The van der Waals surface area contributed by atoms with Crippen LogP contribution >= 0.6 is 0 Å². The first-order chi connectivity index (χ1) is 16.9. The number of aromatic nitrogens is 1. The second-order valence-electron chi connectivity index (χ2n) is 8.49. The SMILES string of the molecule is CCOc1ccc(N2C(=O)C(=O)/C(=C(\O)c3ccc(OC)c(C(C)C)c3)C2c2ccncc2)cc1. The first-order valence-corrected chi connectivity index (χ1v) is 11.5. The highest BCUT2D eigenvalue weighted by Crippen LogP contribution is 2.43. The van der Waals surface area contributed by atoms with Gasteiger partial charge in [0, 0.05) is 23.6 Å². The van der Waals surface area contributed by atoms with Crippen molar-refractivity contribution in [3.63, 3.8) is 0 Å². The quantitative estimate of drug-likeness (QED) is 0.287. The summed E-state index contributed by atoms with van der Waals surface area (Å²) < 4.78 is 11.0. The van der Waals surface area contributed by atoms with E-state index in [0.717, 1.165) is 5.56 Å². The molecule has 1 fully saturated rings. The van der Waals surface area contributed by atoms with Crippen LogP contribution in [0.5, 0.6) is 11.5 Å². The van der Waals surface area contributed by atoms with Crippen LogP contribution in [-0.2, 0) is 9.59 Å². The highest BCUT2D eigenvalue weighted by atomic mass is 16.5. The van der Waals surface area contributed by atoms with E-state index in [-0.39, 0.29) is 17.3 Å². The maximum absolute atomic E-state index is 13.3. The first-order valence-electron chi connectivity index (χ1n) is 11.5. The van der Waals surface area contributed by atoms with Crippen LogP contribution in [0.15, 0.2) is 72.6 Å². The smallest absolute Gasteiger partial charge is 0.300 e. The molecule has 3 aromatic rings. The molecular weight excluding hydrogens is 444 g/mol. The molecule has 0 bridgehead atoms. The maximum atomic E-state index is 13.3. The lowest BCUT2D eigenvalue weighted by molar-refractivity contribution is -0.132. The average Bonchev–Trinajstić information content (AvgIpc) is 3.14. The Kier molecular flexibility index (Phi) is 6.87. The molecule has 7 nitrogen and oxygen atoms in total. The molecule has 1 aliphatic heterocycles. The van der Waals surface area contributed by atoms with E-state index in [1.165, 1.54) is 4.90 Å². The molecule has 1 unspecified atom stereocenters. The molecule has 1 aliphatic rings. The predicted molar refractivity (Wildman–Crippen MR) is 134 cm³/mol. The average molecular weight is 473 g/mol. The summed E-state index contributed by atoms with van der Waals surface area (Å²) in [5.74, 6) is -0.219. The van der Waals surface area contributed by atoms with Crippen LogP contribution in [0.1, 0.15) is 49.4 Å². The summed E-state index contributed by atoms with van der Waals surface area (Å²) in [6, 6.07) is 14.9. The van der Waals surface area contributed by atoms with Gasteiger partial charge in [-0.2, -0.15) is 0 Å². The van der Waals surface area contributed by atoms with Gasteiger partial charge in [-0.05, 0) is 78.6 Å². The van der Waals surface area contributed by atoms with Crippen molar-refractivity contribution in [2.45, 2.75) is 32.7 Å². The van der Waals surface area contributed by atoms with E-state index in [9.17, 15) is 14.7 Å². The number of ether oxygens (including phenoxy) is 2. The van der Waals surface area contributed by atoms with E-state index < -0.39 is 17.7 Å². The zero-order chi connectivity index (χ0) is 25.1. The number of carbonyl (C=O) groups excluding carboxylic acids is 2. The maximum Gasteiger partial charge on any atom is 0.300 e. The summed E-state index contributed by atoms with van der Waals surface area (Å²) in [5.41, 5.74) is 2.53. The summed E-state index contributed by atoms with van der Waals surface area (Å²) in [4.78, 5) is 32.1. The van der Waals surface area contributed by atoms with Gasteiger partial charge in [-0.3, -0.25) is 19.5 Å². The van der Waals surface area contributed by atoms with Crippen LogP contribution < -0.4 is 14.4 Å². The third kappa shape index (κ3) is 4.49. The Hall–Kier alpha value is -4.13. The number of ketones is 1. The second kappa shape index (κ2) is 10.0. The van der Waals surface area contributed by atoms with Crippen LogP contribution in [0.25, 0.3) is 5.76 Å². The van der Waals surface area contributed by atoms with Crippen molar-refractivity contribution in [1.82, 2.24) is 4.98 Å². The minimum atomic E-state index is -0.819. The van der Waals surface area contributed by atoms with Gasteiger partial charge in [-0.1, -0.05) is 13.8 Å². The number of carbonyl (C=O) groups is 2. The Labute approximate surface area is 204 Å². The third-order valence-electron chi connectivity index (χ3n) is 6.02. The highest BCUT2D eigenvalue weighted by molar-refractivity contribution is 6.51. The Morgan fingerprint density at radius 1 is 1.06 bits per heavy atom. The summed E-state index contributed by atoms with van der Waals surface area (Å²) in [5, 5.41) is 11.4. The lowest BCUT2D eigenvalue weighted by Crippen LogP contribution is -2.29. The van der Waals surface area contributed by atoms with Crippen molar-refractivity contribution in [2.24, 2.45) is 0 Å². The van der Waals surface area contributed by atoms with Gasteiger partial charge in [-0.25, -0.2) is 0 Å². The van der Waals surface area contributed by atoms with Crippen LogP contribution in [0, 0.1) is 0 Å². The molecule has 0 aliphatic carbocycles. The molecule has 35 heavy (non-hydrogen) atoms. The first kappa shape index (κ1) is 24.0. The zero-order valence-corrected chi connectivity index (χ0v) is 20.2. The van der Waals surface area contributed by atoms with Gasteiger partial charge in [0.2, 0.25) is 0 Å². The molecule has 7 heteroatoms. The van der Waals surface area contributed by atoms with Gasteiger partial charge in [0.15, 0.2) is 0 Å². The Balaban J connectivity index is 1.89. The number of anilines is 1. The number of amides is 1. The van der Waals surface area contributed by atoms with Gasteiger partial charge in [0.1, 0.15) is 17.3 Å². The third-order valence-corrected chi connectivity index (χ3v) is 6.02. The van der Waals surface area contributed by atoms with Crippen LogP contribution in [0.4, 0.5) is 5.69 Å². The molecule has 180 valence electrons. The molecule has 1 saturated heterocycles. The van der Waals surface area contributed by atoms with Gasteiger partial charge >= 0.3 is 0 Å². The predicted octanol–water partition coefficient (Wildman–Crippen LogP) is 5.24. The zero-order valence-electron chi connectivity index (χ0n) is 20.2. The summed E-state index contributed by atoms with van der Waals surface area (Å²) >= 11 is 0. The van der Waals surface area contributed by atoms with E-state index in [0.29, 0.717) is 34.9 Å². The molecule has 0 radical (unpaired) electrons. The van der Waals surface area contributed by atoms with Gasteiger partial charge in [0.25, 0.3) is 11.7 Å². The van der Waals surface area contributed by atoms with Crippen LogP contribution in [-0.4, -0.2) is 35.5 Å². The number of hydrogen-bond donors (Lipinski definition) is 1. The number of aliphatic hydroxyl groups is 1. The largest absolute Gasteiger partial charge is 0.507 e. The van der Waals surface area contributed by atoms with Gasteiger partial charge in [0.05, 0.1) is 25.3 Å². The van der Waals surface area contributed by atoms with Crippen molar-refractivity contribution in [3.8, 4) is 11.5 Å². The fraction of sp³-hybridized carbons (Fsp3) is 0.250. The molecule has 0 saturated carbocycles. The number of Topliss-reactive ketones (excluding diaryl/α,β-unsaturated/α-hetero) is 1. The summed E-state index contributed by atoms with van der Waals surface area (Å²) in [7, 11) is 1.59. The lowest BCUT2D eigenvalue weighted by atomic mass is 9.93. The number of nitrogens with zero attached hydrogens (tertiary/aromatic N) is 2. The molecule has 2 heterocycles. The number of hydrogen-bond acceptors (Lipinski definition) is 6. The number of aliphatic hydroxyl groups excluding tert-OH is 1. The van der Waals surface area contributed by atoms with Crippen LogP contribution in [0.3, 0.4) is 0 Å². The van der Waals surface area contributed by atoms with E-state index in [1.807, 2.05) is 20.8 Å². The Morgan fingerprint density at radius 3 is 2.34 bits per heavy atom. The van der Waals surface area contributed by atoms with Gasteiger partial charge in [-0.15, -0.1) is 0 Å². The number of benzene rings is 2. The lowest BCUT2D eigenvalue weighted by Gasteiger charge is -2.25. The van der Waals surface area contributed by atoms with Gasteiger partial charge < -0.3 is 14.6 Å². The van der Waals surface area contributed by atoms with E-state index in [1.54, 1.807) is 74.1 Å². The Morgan fingerprint density at radius 2 is 1.74 bits per heavy atom. The molecule has 1 atom stereocenters. The highest BCUT2D eigenvalue weighted by Gasteiger charge is 2.47. The molecule has 1 aromatic heterocycles. The molecule has 2 aromatic carbocycles. The molecule has 1 amide bonds. The molecule has 4 rings (SSSR count). The number of methoxy groups -OCH3 is 1. The minimum absolute atomic E-state index is 0.0231. The summed E-state index contributed by atoms with van der Waals surface area (Å²) in [6.07, 6.45) is 3.19. The topological polar surface area (TPSA) is 89.0 Å². The van der Waals surface area contributed by atoms with Crippen molar-refractivity contribution in [3.05, 3.63) is 89.3 Å². The fourth-order valence-electron chi connectivity index (χ4n) is 4.32. The van der Waals surface area contributed by atoms with Crippen LogP contribution in [0.2, 0.25) is 0 Å². The second-order valence-corrected chi connectivity index (χ2v) is 8.49. The fourth-order valence-corrected chi connectivity index (χ4v) is 4.32. The van der Waals surface area contributed by atoms with Crippen molar-refractivity contribution in [1.29, 1.82) is 0 Å². The molecule has 0 spiro atoms. The van der Waals surface area contributed by atoms with Crippen molar-refractivity contribution in [2.75, 3.05) is 18.6 Å². The van der Waals surface area contributed by atoms with E-state index >= 15 is 0 Å². The van der Waals surface area contributed by atoms with Crippen molar-refractivity contribution >= 4 is 23.1 Å². The standard InChI is InChI=1S/C28H28N2O5/c1-5-35-21-9-7-20(8-10-21)30-25(18-12-14-29-15-13-18)24(27(32)28(30)33)26(31)19-6-11-23(34-4)22(16-19)17(2)3/h6-17,25,31H,5H2,1-4H3/b26-24-. The normalized spacial score (nSPS) is 17.2. The Bertz CT molecular complexity index is 1270. The molecule has 1 N–H and O–H groups in total. The van der Waals surface area contributed by atoms with Crippen molar-refractivity contribution < 1.29 is 24.2 Å². The number of rotatable bonds is 7.